The van der Waals surface area contributed by atoms with Crippen LogP contribution in [-0.4, -0.2) is 30.2 Å². The highest BCUT2D eigenvalue weighted by molar-refractivity contribution is 4.82. The minimum Gasteiger partial charge on any atom is -0.373 e. The molecule has 0 unspecified atom stereocenters. The summed E-state index contributed by atoms with van der Waals surface area (Å²) in [6.45, 7) is 11.7. The van der Waals surface area contributed by atoms with E-state index < -0.39 is 0 Å². The Hall–Kier alpha value is -0.0800. The third kappa shape index (κ3) is 2.80. The number of nitrogens with zero attached hydrogens (tertiary/aromatic N) is 1. The molecular weight excluding hydrogens is 138 g/mol. The third-order valence-corrected chi connectivity index (χ3v) is 1.90. The lowest BCUT2D eigenvalue weighted by Crippen LogP contribution is -2.46. The number of hydrogen-bond donors (Lipinski definition) is 0. The summed E-state index contributed by atoms with van der Waals surface area (Å²) in [7, 11) is 0. The SMILES string of the molecule is CC[CH]N1CCOC(C)(C)C1. The molecule has 1 saturated heterocycles. The van der Waals surface area contributed by atoms with Gasteiger partial charge in [-0.1, -0.05) is 6.92 Å². The maximum absolute atomic E-state index is 5.58. The first kappa shape index (κ1) is 9.01. The van der Waals surface area contributed by atoms with E-state index in [1.165, 1.54) is 0 Å². The van der Waals surface area contributed by atoms with E-state index in [1.54, 1.807) is 0 Å². The van der Waals surface area contributed by atoms with Crippen molar-refractivity contribution in [1.82, 2.24) is 4.90 Å². The van der Waals surface area contributed by atoms with E-state index in [0.717, 1.165) is 26.1 Å². The molecule has 0 aromatic carbocycles. The van der Waals surface area contributed by atoms with E-state index >= 15 is 0 Å². The molecule has 0 aromatic heterocycles. The standard InChI is InChI=1S/C9H18NO/c1-4-5-10-6-7-11-9(2,3)8-10/h5H,4,6-8H2,1-3H3. The van der Waals surface area contributed by atoms with Gasteiger partial charge in [0.1, 0.15) is 0 Å². The first-order valence-electron chi connectivity index (χ1n) is 4.35. The predicted octanol–water partition coefficient (Wildman–Crippen LogP) is 1.67. The zero-order chi connectivity index (χ0) is 8.32. The highest BCUT2D eigenvalue weighted by Crippen LogP contribution is 2.17. The second-order valence-electron chi connectivity index (χ2n) is 3.67. The molecule has 1 rings (SSSR count). The van der Waals surface area contributed by atoms with Crippen molar-refractivity contribution in [3.63, 3.8) is 0 Å². The average Bonchev–Trinajstić information content (AvgIpc) is 1.85. The van der Waals surface area contributed by atoms with E-state index in [9.17, 15) is 0 Å². The summed E-state index contributed by atoms with van der Waals surface area (Å²) in [6.07, 6.45) is 1.12. The van der Waals surface area contributed by atoms with E-state index in [2.05, 4.69) is 32.2 Å². The van der Waals surface area contributed by atoms with Crippen LogP contribution in [0.1, 0.15) is 27.2 Å². The molecular formula is C9H18NO. The fourth-order valence-corrected chi connectivity index (χ4v) is 1.47. The van der Waals surface area contributed by atoms with Crippen LogP contribution in [0.5, 0.6) is 0 Å². The molecule has 2 nitrogen and oxygen atoms in total. The Balaban J connectivity index is 2.34. The topological polar surface area (TPSA) is 12.5 Å². The Labute approximate surface area is 69.5 Å². The van der Waals surface area contributed by atoms with Crippen molar-refractivity contribution in [2.45, 2.75) is 32.8 Å². The fourth-order valence-electron chi connectivity index (χ4n) is 1.47. The summed E-state index contributed by atoms with van der Waals surface area (Å²) in [5, 5.41) is 0. The van der Waals surface area contributed by atoms with Crippen LogP contribution in [0, 0.1) is 6.54 Å². The molecule has 2 heteroatoms. The molecule has 1 radical (unpaired) electrons. The molecule has 0 aliphatic carbocycles. The van der Waals surface area contributed by atoms with Gasteiger partial charge in [0, 0.05) is 19.6 Å². The van der Waals surface area contributed by atoms with Gasteiger partial charge in [0.25, 0.3) is 0 Å². The Kier molecular flexibility index (Phi) is 2.90. The molecule has 0 bridgehead atoms. The molecule has 0 aromatic rings. The van der Waals surface area contributed by atoms with Crippen LogP contribution in [0.25, 0.3) is 0 Å². The fraction of sp³-hybridized carbons (Fsp3) is 0.889. The molecule has 1 fully saturated rings. The number of hydrogen-bond acceptors (Lipinski definition) is 2. The van der Waals surface area contributed by atoms with Crippen LogP contribution < -0.4 is 0 Å². The molecule has 0 spiro atoms. The van der Waals surface area contributed by atoms with Gasteiger partial charge in [0.2, 0.25) is 0 Å². The molecule has 65 valence electrons. The first-order chi connectivity index (χ1) is 5.14. The number of morpholine rings is 1. The summed E-state index contributed by atoms with van der Waals surface area (Å²) >= 11 is 0. The average molecular weight is 156 g/mol. The minimum absolute atomic E-state index is 0.0456. The highest BCUT2D eigenvalue weighted by atomic mass is 16.5. The van der Waals surface area contributed by atoms with Gasteiger partial charge in [-0.2, -0.15) is 0 Å². The smallest absolute Gasteiger partial charge is 0.0753 e. The zero-order valence-electron chi connectivity index (χ0n) is 7.76. The highest BCUT2D eigenvalue weighted by Gasteiger charge is 2.26. The Bertz CT molecular complexity index is 121. The van der Waals surface area contributed by atoms with Crippen molar-refractivity contribution in [3.8, 4) is 0 Å². The molecule has 1 heterocycles. The Morgan fingerprint density at radius 2 is 2.27 bits per heavy atom. The normalized spacial score (nSPS) is 25.4. The van der Waals surface area contributed by atoms with Gasteiger partial charge in [0.05, 0.1) is 12.2 Å². The zero-order valence-corrected chi connectivity index (χ0v) is 7.76. The second-order valence-corrected chi connectivity index (χ2v) is 3.67. The van der Waals surface area contributed by atoms with E-state index in [4.69, 9.17) is 4.74 Å². The number of ether oxygens (including phenoxy) is 1. The van der Waals surface area contributed by atoms with Crippen molar-refractivity contribution in [2.24, 2.45) is 0 Å². The Morgan fingerprint density at radius 1 is 1.55 bits per heavy atom. The molecule has 1 aliphatic heterocycles. The lowest BCUT2D eigenvalue weighted by atomic mass is 10.1. The van der Waals surface area contributed by atoms with Gasteiger partial charge in [-0.15, -0.1) is 0 Å². The molecule has 0 N–H and O–H groups in total. The van der Waals surface area contributed by atoms with E-state index in [0.29, 0.717) is 0 Å². The minimum atomic E-state index is 0.0456. The van der Waals surface area contributed by atoms with Crippen LogP contribution in [0.15, 0.2) is 0 Å². The van der Waals surface area contributed by atoms with Crippen LogP contribution in [-0.2, 0) is 4.74 Å². The largest absolute Gasteiger partial charge is 0.373 e. The monoisotopic (exact) mass is 156 g/mol. The summed E-state index contributed by atoms with van der Waals surface area (Å²) in [5.41, 5.74) is 0.0456. The predicted molar refractivity (Wildman–Crippen MR) is 46.2 cm³/mol. The lowest BCUT2D eigenvalue weighted by Gasteiger charge is -2.37. The number of rotatable bonds is 2. The van der Waals surface area contributed by atoms with Crippen LogP contribution in [0.4, 0.5) is 0 Å². The molecule has 0 saturated carbocycles. The van der Waals surface area contributed by atoms with Crippen molar-refractivity contribution >= 4 is 0 Å². The first-order valence-corrected chi connectivity index (χ1v) is 4.35. The van der Waals surface area contributed by atoms with Crippen LogP contribution in [0.3, 0.4) is 0 Å². The van der Waals surface area contributed by atoms with Gasteiger partial charge in [-0.3, -0.25) is 4.90 Å². The quantitative estimate of drug-likeness (QED) is 0.603. The van der Waals surface area contributed by atoms with Crippen LogP contribution in [0.2, 0.25) is 0 Å². The molecule has 0 atom stereocenters. The lowest BCUT2D eigenvalue weighted by molar-refractivity contribution is -0.0785. The van der Waals surface area contributed by atoms with Gasteiger partial charge in [-0.05, 0) is 20.3 Å². The van der Waals surface area contributed by atoms with Crippen molar-refractivity contribution < 1.29 is 4.74 Å². The summed E-state index contributed by atoms with van der Waals surface area (Å²) in [6, 6.07) is 0. The summed E-state index contributed by atoms with van der Waals surface area (Å²) in [5.74, 6) is 0. The summed E-state index contributed by atoms with van der Waals surface area (Å²) in [4.78, 5) is 2.35. The third-order valence-electron chi connectivity index (χ3n) is 1.90. The van der Waals surface area contributed by atoms with Gasteiger partial charge < -0.3 is 4.74 Å². The maximum atomic E-state index is 5.58. The van der Waals surface area contributed by atoms with Crippen LogP contribution >= 0.6 is 0 Å². The van der Waals surface area contributed by atoms with Gasteiger partial charge in [-0.25, -0.2) is 0 Å². The molecule has 11 heavy (non-hydrogen) atoms. The van der Waals surface area contributed by atoms with Crippen molar-refractivity contribution in [2.75, 3.05) is 19.7 Å². The second kappa shape index (κ2) is 3.55. The van der Waals surface area contributed by atoms with Gasteiger partial charge in [0.15, 0.2) is 0 Å². The van der Waals surface area contributed by atoms with E-state index in [-0.39, 0.29) is 5.60 Å². The van der Waals surface area contributed by atoms with Crippen molar-refractivity contribution in [3.05, 3.63) is 6.54 Å². The molecule has 1 aliphatic rings. The van der Waals surface area contributed by atoms with Gasteiger partial charge >= 0.3 is 0 Å². The molecule has 0 amide bonds. The van der Waals surface area contributed by atoms with E-state index in [1.807, 2.05) is 0 Å². The maximum Gasteiger partial charge on any atom is 0.0753 e. The van der Waals surface area contributed by atoms with Crippen molar-refractivity contribution in [1.29, 1.82) is 0 Å². The summed E-state index contributed by atoms with van der Waals surface area (Å²) < 4.78 is 5.58. The Morgan fingerprint density at radius 3 is 2.82 bits per heavy atom.